The summed E-state index contributed by atoms with van der Waals surface area (Å²) in [7, 11) is -3.15. The number of nitrogens with zero attached hydrogens (tertiary/aromatic N) is 2. The monoisotopic (exact) mass is 669 g/mol. The number of ether oxygens (including phenoxy) is 3. The van der Waals surface area contributed by atoms with Gasteiger partial charge in [-0.3, -0.25) is 0 Å². The van der Waals surface area contributed by atoms with Crippen LogP contribution in [0.25, 0.3) is 10.9 Å². The molecule has 0 aliphatic carbocycles. The van der Waals surface area contributed by atoms with Gasteiger partial charge in [-0.15, -0.1) is 0 Å². The summed E-state index contributed by atoms with van der Waals surface area (Å²) in [6.45, 7) is 3.97. The van der Waals surface area contributed by atoms with Crippen LogP contribution in [0.4, 0.5) is 15.9 Å². The van der Waals surface area contributed by atoms with Crippen molar-refractivity contribution in [1.82, 2.24) is 9.97 Å². The lowest BCUT2D eigenvalue weighted by Crippen LogP contribution is -2.41. The Morgan fingerprint density at radius 1 is 1.12 bits per heavy atom. The molecule has 1 N–H and O–H groups in total. The number of benzene rings is 3. The minimum absolute atomic E-state index is 0.0344. The summed E-state index contributed by atoms with van der Waals surface area (Å²) in [6.07, 6.45) is 5.97. The smallest absolute Gasteiger partial charge is 0.162 e. The number of halogens is 2. The third-order valence-electron chi connectivity index (χ3n) is 7.44. The van der Waals surface area contributed by atoms with Gasteiger partial charge in [0, 0.05) is 23.2 Å². The van der Waals surface area contributed by atoms with Crippen molar-refractivity contribution < 1.29 is 27.0 Å². The van der Waals surface area contributed by atoms with Crippen LogP contribution in [0.15, 0.2) is 83.8 Å². The molecule has 5 rings (SSSR count). The van der Waals surface area contributed by atoms with Gasteiger partial charge in [0.15, 0.2) is 15.4 Å². The zero-order valence-corrected chi connectivity index (χ0v) is 26.3. The van der Waals surface area contributed by atoms with Crippen molar-refractivity contribution in [3.8, 4) is 5.75 Å². The molecule has 1 aromatic heterocycles. The largest absolute Gasteiger partial charge is 0.488 e. The number of aromatic nitrogens is 2. The number of hydrogen-bond acceptors (Lipinski definition) is 8. The zero-order valence-electron chi connectivity index (χ0n) is 23.9. The maximum absolute atomic E-state index is 13.5. The predicted octanol–water partition coefficient (Wildman–Crippen LogP) is 7.21. The summed E-state index contributed by atoms with van der Waals surface area (Å²) in [6, 6.07) is 17.8. The maximum Gasteiger partial charge on any atom is 0.162 e. The highest BCUT2D eigenvalue weighted by Gasteiger charge is 2.44. The molecule has 0 spiro atoms. The standard InChI is InChI=1S/C32H33BrFN3O5S/c1-3-30(40-15-16-43(38,39)4-2)32(13-6-14-42-32)23-9-11-28-26(18-23)31(36-21-35-28)37-25-10-12-29(27(33)19-25)41-20-22-7-5-8-24(34)17-22/h5-12,14,17-19,21,30H,3-4,13,15-16,20H2,1-2H3,(H,35,36,37). The Morgan fingerprint density at radius 2 is 1.98 bits per heavy atom. The summed E-state index contributed by atoms with van der Waals surface area (Å²) < 4.78 is 56.6. The molecule has 2 heterocycles. The van der Waals surface area contributed by atoms with E-state index in [4.69, 9.17) is 14.2 Å². The van der Waals surface area contributed by atoms with Crippen LogP contribution in [-0.4, -0.2) is 42.6 Å². The van der Waals surface area contributed by atoms with E-state index in [1.54, 1.807) is 19.3 Å². The van der Waals surface area contributed by atoms with E-state index in [0.29, 0.717) is 24.4 Å². The van der Waals surface area contributed by atoms with Crippen LogP contribution in [0.3, 0.4) is 0 Å². The van der Waals surface area contributed by atoms with E-state index in [1.807, 2.05) is 55.5 Å². The Morgan fingerprint density at radius 3 is 2.70 bits per heavy atom. The highest BCUT2D eigenvalue weighted by molar-refractivity contribution is 9.10. The molecule has 1 aliphatic rings. The van der Waals surface area contributed by atoms with Gasteiger partial charge in [-0.2, -0.15) is 0 Å². The van der Waals surface area contributed by atoms with Crippen molar-refractivity contribution in [2.75, 3.05) is 23.4 Å². The molecular weight excluding hydrogens is 637 g/mol. The summed E-state index contributed by atoms with van der Waals surface area (Å²) >= 11 is 3.58. The van der Waals surface area contributed by atoms with Gasteiger partial charge in [-0.05, 0) is 82.0 Å². The van der Waals surface area contributed by atoms with Gasteiger partial charge in [0.25, 0.3) is 0 Å². The molecule has 0 fully saturated rings. The van der Waals surface area contributed by atoms with E-state index in [-0.39, 0.29) is 36.6 Å². The average Bonchev–Trinajstić information content (AvgIpc) is 3.50. The highest BCUT2D eigenvalue weighted by Crippen LogP contribution is 2.42. The first kappa shape index (κ1) is 30.9. The number of nitrogens with one attached hydrogen (secondary N) is 1. The Bertz CT molecular complexity index is 1730. The van der Waals surface area contributed by atoms with Crippen LogP contribution in [0, 0.1) is 5.82 Å². The van der Waals surface area contributed by atoms with Gasteiger partial charge < -0.3 is 19.5 Å². The quantitative estimate of drug-likeness (QED) is 0.159. The molecule has 0 saturated heterocycles. The molecule has 3 aromatic carbocycles. The molecule has 0 saturated carbocycles. The first-order valence-electron chi connectivity index (χ1n) is 14.1. The predicted molar refractivity (Wildman–Crippen MR) is 169 cm³/mol. The third kappa shape index (κ3) is 7.17. The molecule has 2 unspecified atom stereocenters. The molecular formula is C32H33BrFN3O5S. The van der Waals surface area contributed by atoms with Gasteiger partial charge in [-0.1, -0.05) is 32.0 Å². The fraction of sp³-hybridized carbons (Fsp3) is 0.312. The van der Waals surface area contributed by atoms with Crippen molar-refractivity contribution in [3.05, 3.63) is 101 Å². The van der Waals surface area contributed by atoms with E-state index < -0.39 is 15.4 Å². The molecule has 0 bridgehead atoms. The van der Waals surface area contributed by atoms with E-state index in [2.05, 4.69) is 31.2 Å². The number of anilines is 2. The molecule has 0 radical (unpaired) electrons. The van der Waals surface area contributed by atoms with Gasteiger partial charge in [0.2, 0.25) is 0 Å². The Balaban J connectivity index is 1.38. The molecule has 43 heavy (non-hydrogen) atoms. The van der Waals surface area contributed by atoms with Crippen LogP contribution in [0.2, 0.25) is 0 Å². The van der Waals surface area contributed by atoms with Gasteiger partial charge >= 0.3 is 0 Å². The lowest BCUT2D eigenvalue weighted by atomic mass is 9.83. The highest BCUT2D eigenvalue weighted by atomic mass is 79.9. The first-order chi connectivity index (χ1) is 20.7. The molecule has 2 atom stereocenters. The van der Waals surface area contributed by atoms with Crippen molar-refractivity contribution in [2.24, 2.45) is 0 Å². The molecule has 11 heteroatoms. The molecule has 226 valence electrons. The number of fused-ring (bicyclic) bond motifs is 1. The average molecular weight is 671 g/mol. The molecule has 1 aliphatic heterocycles. The van der Waals surface area contributed by atoms with Crippen LogP contribution < -0.4 is 10.1 Å². The summed E-state index contributed by atoms with van der Waals surface area (Å²) in [5.74, 6) is 0.971. The van der Waals surface area contributed by atoms with Crippen molar-refractivity contribution in [1.29, 1.82) is 0 Å². The third-order valence-corrected chi connectivity index (χ3v) is 9.73. The molecule has 8 nitrogen and oxygen atoms in total. The van der Waals surface area contributed by atoms with Crippen LogP contribution >= 0.6 is 15.9 Å². The number of rotatable bonds is 13. The summed E-state index contributed by atoms with van der Waals surface area (Å²) in [5.41, 5.74) is 2.33. The number of sulfone groups is 1. The fourth-order valence-corrected chi connectivity index (χ4v) is 6.24. The normalized spacial score (nSPS) is 17.1. The first-order valence-corrected chi connectivity index (χ1v) is 16.7. The summed E-state index contributed by atoms with van der Waals surface area (Å²) in [5, 5.41) is 4.18. The Kier molecular flexibility index (Phi) is 9.63. The second-order valence-corrected chi connectivity index (χ2v) is 13.6. The van der Waals surface area contributed by atoms with Gasteiger partial charge in [-0.25, -0.2) is 22.8 Å². The van der Waals surface area contributed by atoms with E-state index in [0.717, 1.165) is 32.2 Å². The minimum atomic E-state index is -3.15. The maximum atomic E-state index is 13.5. The van der Waals surface area contributed by atoms with Crippen molar-refractivity contribution in [3.63, 3.8) is 0 Å². The topological polar surface area (TPSA) is 99.6 Å². The minimum Gasteiger partial charge on any atom is -0.488 e. The number of hydrogen-bond donors (Lipinski definition) is 1. The van der Waals surface area contributed by atoms with Crippen molar-refractivity contribution in [2.45, 2.75) is 45.0 Å². The van der Waals surface area contributed by atoms with E-state index >= 15 is 0 Å². The molecule has 0 amide bonds. The Hall–Kier alpha value is -3.54. The summed E-state index contributed by atoms with van der Waals surface area (Å²) in [4.78, 5) is 8.98. The van der Waals surface area contributed by atoms with E-state index in [1.165, 1.54) is 18.5 Å². The van der Waals surface area contributed by atoms with Gasteiger partial charge in [0.05, 0.1) is 28.6 Å². The van der Waals surface area contributed by atoms with Crippen LogP contribution in [0.1, 0.15) is 37.8 Å². The van der Waals surface area contributed by atoms with Crippen LogP contribution in [0.5, 0.6) is 5.75 Å². The fourth-order valence-electron chi connectivity index (χ4n) is 5.10. The SMILES string of the molecule is CCC(OCCS(=O)(=O)CC)C1(c2ccc3ncnc(Nc4ccc(OCc5cccc(F)c5)c(Br)c4)c3c2)CC=CO1. The lowest BCUT2D eigenvalue weighted by Gasteiger charge is -2.37. The van der Waals surface area contributed by atoms with Gasteiger partial charge in [0.1, 0.15) is 36.4 Å². The molecule has 4 aromatic rings. The Labute approximate surface area is 259 Å². The lowest BCUT2D eigenvalue weighted by molar-refractivity contribution is -0.107. The van der Waals surface area contributed by atoms with Crippen LogP contribution in [-0.2, 0) is 31.5 Å². The zero-order chi connectivity index (χ0) is 30.5. The van der Waals surface area contributed by atoms with E-state index in [9.17, 15) is 12.8 Å². The second kappa shape index (κ2) is 13.4. The second-order valence-electron chi connectivity index (χ2n) is 10.2. The van der Waals surface area contributed by atoms with Crippen molar-refractivity contribution >= 4 is 48.2 Å².